The van der Waals surface area contributed by atoms with Crippen molar-refractivity contribution in [2.75, 3.05) is 39.4 Å². The molecule has 0 aliphatic carbocycles. The molecule has 0 amide bonds. The molecule has 2 aliphatic heterocycles. The van der Waals surface area contributed by atoms with Gasteiger partial charge in [0.15, 0.2) is 0 Å². The van der Waals surface area contributed by atoms with Gasteiger partial charge in [-0.1, -0.05) is 0 Å². The van der Waals surface area contributed by atoms with E-state index in [1.807, 2.05) is 11.0 Å². The van der Waals surface area contributed by atoms with Crippen molar-refractivity contribution in [2.24, 2.45) is 5.92 Å². The Balaban J connectivity index is 0.000000595. The Morgan fingerprint density at radius 3 is 2.78 bits per heavy atom. The molecule has 1 aromatic rings. The highest BCUT2D eigenvalue weighted by Crippen LogP contribution is 2.21. The van der Waals surface area contributed by atoms with E-state index in [2.05, 4.69) is 4.90 Å². The highest BCUT2D eigenvalue weighted by Gasteiger charge is 2.33. The smallest absolute Gasteiger partial charge is 0.317 e. The third-order valence-electron chi connectivity index (χ3n) is 3.98. The summed E-state index contributed by atoms with van der Waals surface area (Å²) in [7, 11) is 0. The lowest BCUT2D eigenvalue weighted by molar-refractivity contribution is -0.138. The van der Waals surface area contributed by atoms with E-state index in [4.69, 9.17) is 24.2 Å². The molecule has 3 rings (SSSR count). The van der Waals surface area contributed by atoms with Crippen LogP contribution in [0, 0.1) is 5.92 Å². The summed E-state index contributed by atoms with van der Waals surface area (Å²) < 4.78 is 10.9. The molecule has 0 saturated carbocycles. The number of carboxylic acids is 1. The second kappa shape index (κ2) is 8.66. The summed E-state index contributed by atoms with van der Waals surface area (Å²) >= 11 is 0. The molecule has 2 bridgehead atoms. The van der Waals surface area contributed by atoms with Crippen molar-refractivity contribution in [3.05, 3.63) is 24.2 Å². The summed E-state index contributed by atoms with van der Waals surface area (Å²) in [5, 5.41) is 15.9. The van der Waals surface area contributed by atoms with Gasteiger partial charge in [-0.15, -0.1) is 0 Å². The lowest BCUT2D eigenvalue weighted by Crippen LogP contribution is -2.44. The Bertz CT molecular complexity index is 492. The molecule has 1 aromatic heterocycles. The first kappa shape index (κ1) is 17.5. The zero-order chi connectivity index (χ0) is 16.7. The summed E-state index contributed by atoms with van der Waals surface area (Å²) in [6.45, 7) is 4.59. The van der Waals surface area contributed by atoms with Crippen molar-refractivity contribution in [1.82, 2.24) is 9.80 Å². The first-order valence-corrected chi connectivity index (χ1v) is 7.47. The van der Waals surface area contributed by atoms with Crippen molar-refractivity contribution < 1.29 is 29.0 Å². The van der Waals surface area contributed by atoms with Crippen molar-refractivity contribution in [3.8, 4) is 0 Å². The van der Waals surface area contributed by atoms with Crippen LogP contribution in [0.1, 0.15) is 5.56 Å². The summed E-state index contributed by atoms with van der Waals surface area (Å²) in [4.78, 5) is 23.7. The second-order valence-corrected chi connectivity index (χ2v) is 5.81. The summed E-state index contributed by atoms with van der Waals surface area (Å²) in [5.41, 5.74) is 1.15. The first-order valence-electron chi connectivity index (χ1n) is 7.47. The number of ether oxygens (including phenoxy) is 1. The van der Waals surface area contributed by atoms with E-state index in [0.717, 1.165) is 31.7 Å². The Hall–Kier alpha value is -1.90. The van der Waals surface area contributed by atoms with Crippen molar-refractivity contribution >= 4 is 12.4 Å². The highest BCUT2D eigenvalue weighted by atomic mass is 16.5. The molecule has 128 valence electrons. The number of nitrogens with zero attached hydrogens (tertiary/aromatic N) is 2. The topological polar surface area (TPSA) is 103 Å². The number of furan rings is 1. The number of fused-ring (bicyclic) bond motifs is 3. The molecule has 2 fully saturated rings. The van der Waals surface area contributed by atoms with E-state index in [9.17, 15) is 4.79 Å². The Morgan fingerprint density at radius 2 is 2.13 bits per heavy atom. The molecule has 0 unspecified atom stereocenters. The minimum atomic E-state index is -0.757. The summed E-state index contributed by atoms with van der Waals surface area (Å²) in [5.74, 6) is -0.388. The number of carboxylic acid groups (broad SMARTS) is 2. The zero-order valence-electron chi connectivity index (χ0n) is 12.8. The van der Waals surface area contributed by atoms with Crippen LogP contribution in [0.25, 0.3) is 0 Å². The average Bonchev–Trinajstić information content (AvgIpc) is 2.82. The minimum absolute atomic E-state index is 0.118. The Kier molecular flexibility index (Phi) is 6.57. The van der Waals surface area contributed by atoms with Crippen LogP contribution in [0.3, 0.4) is 0 Å². The SMILES string of the molecule is O=C(O)CN1C[C@@H]2COC[C@H](C1)N(Cc1ccoc1)C2.O=CO. The van der Waals surface area contributed by atoms with E-state index >= 15 is 0 Å². The maximum Gasteiger partial charge on any atom is 0.317 e. The molecule has 2 saturated heterocycles. The van der Waals surface area contributed by atoms with Gasteiger partial charge in [-0.2, -0.15) is 0 Å². The van der Waals surface area contributed by atoms with Crippen molar-refractivity contribution in [1.29, 1.82) is 0 Å². The van der Waals surface area contributed by atoms with E-state index in [-0.39, 0.29) is 19.1 Å². The van der Waals surface area contributed by atoms with Crippen LogP contribution in [-0.4, -0.2) is 77.9 Å². The van der Waals surface area contributed by atoms with E-state index in [0.29, 0.717) is 19.1 Å². The van der Waals surface area contributed by atoms with Crippen LogP contribution in [0.5, 0.6) is 0 Å². The predicted octanol–water partition coefficient (Wildman–Crippen LogP) is 0.198. The fourth-order valence-corrected chi connectivity index (χ4v) is 3.16. The lowest BCUT2D eigenvalue weighted by atomic mass is 10.1. The van der Waals surface area contributed by atoms with Crippen LogP contribution in [-0.2, 0) is 20.9 Å². The number of aliphatic carboxylic acids is 1. The molecule has 3 heterocycles. The quantitative estimate of drug-likeness (QED) is 0.756. The molecule has 23 heavy (non-hydrogen) atoms. The van der Waals surface area contributed by atoms with Gasteiger partial charge in [0.1, 0.15) is 0 Å². The number of hydrogen-bond acceptors (Lipinski definition) is 6. The maximum absolute atomic E-state index is 10.9. The van der Waals surface area contributed by atoms with Gasteiger partial charge in [0, 0.05) is 43.7 Å². The van der Waals surface area contributed by atoms with Gasteiger partial charge < -0.3 is 19.4 Å². The Morgan fingerprint density at radius 1 is 1.35 bits per heavy atom. The van der Waals surface area contributed by atoms with Crippen LogP contribution in [0.15, 0.2) is 23.0 Å². The third-order valence-corrected chi connectivity index (χ3v) is 3.98. The second-order valence-electron chi connectivity index (χ2n) is 5.81. The number of carbonyl (C=O) groups is 2. The van der Waals surface area contributed by atoms with Gasteiger partial charge in [-0.3, -0.25) is 19.4 Å². The van der Waals surface area contributed by atoms with Crippen molar-refractivity contribution in [2.45, 2.75) is 12.6 Å². The number of hydrogen-bond donors (Lipinski definition) is 2. The fraction of sp³-hybridized carbons (Fsp3) is 0.600. The highest BCUT2D eigenvalue weighted by molar-refractivity contribution is 5.69. The third kappa shape index (κ3) is 5.34. The van der Waals surface area contributed by atoms with Crippen LogP contribution < -0.4 is 0 Å². The van der Waals surface area contributed by atoms with Gasteiger partial charge in [0.05, 0.1) is 32.3 Å². The van der Waals surface area contributed by atoms with Gasteiger partial charge in [-0.05, 0) is 6.07 Å². The van der Waals surface area contributed by atoms with E-state index in [1.54, 1.807) is 12.5 Å². The van der Waals surface area contributed by atoms with Crippen LogP contribution in [0.4, 0.5) is 0 Å². The number of rotatable bonds is 4. The fourth-order valence-electron chi connectivity index (χ4n) is 3.16. The van der Waals surface area contributed by atoms with Gasteiger partial charge in [0.2, 0.25) is 0 Å². The van der Waals surface area contributed by atoms with Gasteiger partial charge in [0.25, 0.3) is 6.47 Å². The molecular formula is C15H22N2O6. The maximum atomic E-state index is 10.9. The van der Waals surface area contributed by atoms with Gasteiger partial charge in [-0.25, -0.2) is 0 Å². The molecule has 0 aromatic carbocycles. The van der Waals surface area contributed by atoms with E-state index < -0.39 is 5.97 Å². The first-order chi connectivity index (χ1) is 11.1. The zero-order valence-corrected chi connectivity index (χ0v) is 12.8. The normalized spacial score (nSPS) is 25.0. The average molecular weight is 326 g/mol. The van der Waals surface area contributed by atoms with Crippen LogP contribution in [0.2, 0.25) is 0 Å². The summed E-state index contributed by atoms with van der Waals surface area (Å²) in [6, 6.07) is 2.22. The molecule has 2 N–H and O–H groups in total. The van der Waals surface area contributed by atoms with Crippen LogP contribution >= 0.6 is 0 Å². The molecule has 2 atom stereocenters. The van der Waals surface area contributed by atoms with Crippen molar-refractivity contribution in [3.63, 3.8) is 0 Å². The monoisotopic (exact) mass is 326 g/mol. The standard InChI is InChI=1S/C14H20N2O4.CH2O2/c17-14(18)7-15-3-12-5-16(4-11-1-2-19-8-11)13(6-15)10-20-9-12;2-1-3/h1-2,8,12-13H,3-7,9-10H2,(H,17,18);1H,(H,2,3)/t12-,13-;/m0./s1. The predicted molar refractivity (Wildman–Crippen MR) is 80.0 cm³/mol. The molecule has 2 aliphatic rings. The summed E-state index contributed by atoms with van der Waals surface area (Å²) in [6.07, 6.45) is 3.46. The molecule has 0 spiro atoms. The van der Waals surface area contributed by atoms with E-state index in [1.165, 1.54) is 0 Å². The molecule has 0 radical (unpaired) electrons. The van der Waals surface area contributed by atoms with Gasteiger partial charge >= 0.3 is 5.97 Å². The minimum Gasteiger partial charge on any atom is -0.483 e. The Labute approximate surface area is 134 Å². The largest absolute Gasteiger partial charge is 0.483 e. The molecule has 8 nitrogen and oxygen atoms in total. The lowest BCUT2D eigenvalue weighted by Gasteiger charge is -2.30. The molecule has 8 heteroatoms. The molecular weight excluding hydrogens is 304 g/mol.